The molecule has 12 heavy (non-hydrogen) atoms. The van der Waals surface area contributed by atoms with Crippen LogP contribution in [0.1, 0.15) is 5.82 Å². The quantitative estimate of drug-likeness (QED) is 0.504. The molecule has 0 spiro atoms. The predicted molar refractivity (Wildman–Crippen MR) is 42.6 cm³/mol. The van der Waals surface area contributed by atoms with Crippen molar-refractivity contribution in [3.63, 3.8) is 0 Å². The molecular weight excluding hydrogens is 160 g/mol. The molecule has 0 aliphatic heterocycles. The highest BCUT2D eigenvalue weighted by molar-refractivity contribution is 5.18. The maximum Gasteiger partial charge on any atom is 0.342 e. The monoisotopic (exact) mass is 170 g/mol. The Morgan fingerprint density at radius 2 is 2.50 bits per heavy atom. The van der Waals surface area contributed by atoms with E-state index in [4.69, 9.17) is 5.73 Å². The van der Waals surface area contributed by atoms with Crippen molar-refractivity contribution < 1.29 is 4.92 Å². The molecule has 1 aromatic heterocycles. The van der Waals surface area contributed by atoms with Gasteiger partial charge in [-0.2, -0.15) is 0 Å². The first kappa shape index (κ1) is 8.66. The van der Waals surface area contributed by atoms with Crippen molar-refractivity contribution >= 4 is 5.82 Å². The van der Waals surface area contributed by atoms with Crippen LogP contribution >= 0.6 is 0 Å². The summed E-state index contributed by atoms with van der Waals surface area (Å²) in [6, 6.07) is 0. The molecule has 0 aliphatic rings. The molecule has 1 rings (SSSR count). The second-order valence-corrected chi connectivity index (χ2v) is 2.39. The summed E-state index contributed by atoms with van der Waals surface area (Å²) in [6.45, 7) is 0.446. The lowest BCUT2D eigenvalue weighted by Gasteiger charge is -1.95. The van der Waals surface area contributed by atoms with Gasteiger partial charge in [0.1, 0.15) is 6.20 Å². The lowest BCUT2D eigenvalue weighted by Crippen LogP contribution is -2.08. The van der Waals surface area contributed by atoms with Crippen LogP contribution in [0, 0.1) is 10.1 Å². The largest absolute Gasteiger partial charge is 0.358 e. The summed E-state index contributed by atoms with van der Waals surface area (Å²) < 4.78 is 1.44. The van der Waals surface area contributed by atoms with E-state index in [1.165, 1.54) is 10.8 Å². The average Bonchev–Trinajstić information content (AvgIpc) is 2.34. The normalized spacial score (nSPS) is 10.2. The molecule has 66 valence electrons. The summed E-state index contributed by atoms with van der Waals surface area (Å²) in [4.78, 5) is 13.8. The van der Waals surface area contributed by atoms with Crippen LogP contribution in [0.2, 0.25) is 0 Å². The van der Waals surface area contributed by atoms with Gasteiger partial charge in [0.25, 0.3) is 0 Å². The highest BCUT2D eigenvalue weighted by Gasteiger charge is 2.14. The van der Waals surface area contributed by atoms with Gasteiger partial charge >= 0.3 is 5.82 Å². The number of aromatic nitrogens is 2. The van der Waals surface area contributed by atoms with Crippen LogP contribution < -0.4 is 5.73 Å². The van der Waals surface area contributed by atoms with Gasteiger partial charge in [-0.3, -0.25) is 0 Å². The van der Waals surface area contributed by atoms with E-state index in [9.17, 15) is 10.1 Å². The molecule has 0 aliphatic carbocycles. The van der Waals surface area contributed by atoms with Gasteiger partial charge in [-0.1, -0.05) is 0 Å². The third kappa shape index (κ3) is 1.42. The zero-order valence-electron chi connectivity index (χ0n) is 6.73. The predicted octanol–water partition coefficient (Wildman–Crippen LogP) is -0.170. The van der Waals surface area contributed by atoms with E-state index in [-0.39, 0.29) is 5.82 Å². The third-order valence-corrected chi connectivity index (χ3v) is 1.61. The summed E-state index contributed by atoms with van der Waals surface area (Å²) in [5.74, 6) is 0.641. The summed E-state index contributed by atoms with van der Waals surface area (Å²) in [5.41, 5.74) is 5.29. The Kier molecular flexibility index (Phi) is 2.39. The van der Waals surface area contributed by atoms with Crippen molar-refractivity contribution in [2.75, 3.05) is 6.54 Å². The molecule has 0 radical (unpaired) electrons. The number of imidazole rings is 1. The molecule has 0 saturated carbocycles. The Labute approximate surface area is 69.2 Å². The molecule has 0 amide bonds. The van der Waals surface area contributed by atoms with Crippen molar-refractivity contribution in [3.8, 4) is 0 Å². The lowest BCUT2D eigenvalue weighted by molar-refractivity contribution is -0.391. The Bertz CT molecular complexity index is 294. The number of rotatable bonds is 3. The molecule has 0 bridgehead atoms. The standard InChI is InChI=1S/C6H10N4O2/c1-9-5(2-3-7)8-4-6(9)10(11)12/h4H,2-3,7H2,1H3. The van der Waals surface area contributed by atoms with E-state index in [1.54, 1.807) is 7.05 Å². The van der Waals surface area contributed by atoms with Crippen molar-refractivity contribution in [1.82, 2.24) is 9.55 Å². The van der Waals surface area contributed by atoms with Crippen LogP contribution in [-0.2, 0) is 13.5 Å². The SMILES string of the molecule is Cn1c([N+](=O)[O-])cnc1CCN. The first-order chi connectivity index (χ1) is 5.66. The maximum absolute atomic E-state index is 10.4. The smallest absolute Gasteiger partial charge is 0.342 e. The first-order valence-corrected chi connectivity index (χ1v) is 3.52. The summed E-state index contributed by atoms with van der Waals surface area (Å²) in [7, 11) is 1.61. The minimum absolute atomic E-state index is 0.00144. The third-order valence-electron chi connectivity index (χ3n) is 1.61. The van der Waals surface area contributed by atoms with Crippen LogP contribution in [0.5, 0.6) is 0 Å². The van der Waals surface area contributed by atoms with Gasteiger partial charge in [0.2, 0.25) is 0 Å². The number of nitrogens with two attached hydrogens (primary N) is 1. The topological polar surface area (TPSA) is 87.0 Å². The van der Waals surface area contributed by atoms with Gasteiger partial charge in [0.05, 0.1) is 7.05 Å². The molecular formula is C6H10N4O2. The van der Waals surface area contributed by atoms with Crippen LogP contribution in [-0.4, -0.2) is 21.0 Å². The molecule has 2 N–H and O–H groups in total. The van der Waals surface area contributed by atoms with E-state index < -0.39 is 4.92 Å². The van der Waals surface area contributed by atoms with Gasteiger partial charge in [-0.05, 0) is 4.92 Å². The minimum Gasteiger partial charge on any atom is -0.358 e. The summed E-state index contributed by atoms with van der Waals surface area (Å²) >= 11 is 0. The van der Waals surface area contributed by atoms with Crippen molar-refractivity contribution in [1.29, 1.82) is 0 Å². The van der Waals surface area contributed by atoms with Gasteiger partial charge in [-0.15, -0.1) is 0 Å². The molecule has 1 heterocycles. The fraction of sp³-hybridized carbons (Fsp3) is 0.500. The highest BCUT2D eigenvalue weighted by Crippen LogP contribution is 2.11. The van der Waals surface area contributed by atoms with Crippen molar-refractivity contribution in [2.24, 2.45) is 12.8 Å². The lowest BCUT2D eigenvalue weighted by atomic mass is 10.4. The molecule has 0 aromatic carbocycles. The molecule has 6 nitrogen and oxygen atoms in total. The second-order valence-electron chi connectivity index (χ2n) is 2.39. The summed E-state index contributed by atoms with van der Waals surface area (Å²) in [6.07, 6.45) is 1.80. The molecule has 0 atom stereocenters. The Balaban J connectivity index is 2.96. The van der Waals surface area contributed by atoms with E-state index in [0.29, 0.717) is 18.8 Å². The van der Waals surface area contributed by atoms with Gasteiger partial charge in [-0.25, -0.2) is 9.55 Å². The fourth-order valence-electron chi connectivity index (χ4n) is 0.969. The number of nitrogens with zero attached hydrogens (tertiary/aromatic N) is 3. The fourth-order valence-corrected chi connectivity index (χ4v) is 0.969. The zero-order chi connectivity index (χ0) is 9.14. The van der Waals surface area contributed by atoms with E-state index in [2.05, 4.69) is 4.98 Å². The number of hydrogen-bond acceptors (Lipinski definition) is 4. The average molecular weight is 170 g/mol. The Hall–Kier alpha value is -1.43. The van der Waals surface area contributed by atoms with Gasteiger partial charge in [0.15, 0.2) is 5.82 Å². The molecule has 0 saturated heterocycles. The van der Waals surface area contributed by atoms with E-state index >= 15 is 0 Å². The summed E-state index contributed by atoms with van der Waals surface area (Å²) in [5, 5.41) is 10.4. The molecule has 6 heteroatoms. The zero-order valence-corrected chi connectivity index (χ0v) is 6.73. The highest BCUT2D eigenvalue weighted by atomic mass is 16.6. The van der Waals surface area contributed by atoms with Crippen molar-refractivity contribution in [3.05, 3.63) is 22.1 Å². The number of hydrogen-bond donors (Lipinski definition) is 1. The Morgan fingerprint density at radius 3 is 2.92 bits per heavy atom. The number of nitro groups is 1. The van der Waals surface area contributed by atoms with Crippen LogP contribution in [0.3, 0.4) is 0 Å². The maximum atomic E-state index is 10.4. The first-order valence-electron chi connectivity index (χ1n) is 3.52. The second kappa shape index (κ2) is 3.31. The molecule has 0 fully saturated rings. The van der Waals surface area contributed by atoms with Crippen molar-refractivity contribution in [2.45, 2.75) is 6.42 Å². The molecule has 1 aromatic rings. The molecule has 0 unspecified atom stereocenters. The van der Waals surface area contributed by atoms with E-state index in [1.807, 2.05) is 0 Å². The van der Waals surface area contributed by atoms with Crippen LogP contribution in [0.15, 0.2) is 6.20 Å². The van der Waals surface area contributed by atoms with Crippen LogP contribution in [0.25, 0.3) is 0 Å². The minimum atomic E-state index is -0.465. The van der Waals surface area contributed by atoms with Crippen LogP contribution in [0.4, 0.5) is 5.82 Å². The van der Waals surface area contributed by atoms with Gasteiger partial charge < -0.3 is 15.8 Å². The van der Waals surface area contributed by atoms with E-state index in [0.717, 1.165) is 0 Å². The van der Waals surface area contributed by atoms with Gasteiger partial charge in [0, 0.05) is 13.0 Å². The Morgan fingerprint density at radius 1 is 1.83 bits per heavy atom.